The Morgan fingerprint density at radius 1 is 1.31 bits per heavy atom. The molecule has 0 radical (unpaired) electrons. The maximum atomic E-state index is 11.4. The molecule has 16 heavy (non-hydrogen) atoms. The van der Waals surface area contributed by atoms with Gasteiger partial charge in [0.15, 0.2) is 5.78 Å². The average molecular weight is 228 g/mol. The van der Waals surface area contributed by atoms with Gasteiger partial charge < -0.3 is 15.3 Å². The van der Waals surface area contributed by atoms with Crippen LogP contribution in [0.4, 0.5) is 0 Å². The molecule has 0 saturated carbocycles. The Bertz CT molecular complexity index is 321. The minimum atomic E-state index is -1.02. The first-order valence-corrected chi connectivity index (χ1v) is 5.08. The third-order valence-corrected chi connectivity index (χ3v) is 2.70. The molecule has 1 aliphatic heterocycles. The molecule has 1 rings (SSSR count). The van der Waals surface area contributed by atoms with Gasteiger partial charge in [-0.25, -0.2) is 0 Å². The molecule has 90 valence electrons. The molecular formula is C10H16N2O4. The summed E-state index contributed by atoms with van der Waals surface area (Å²) in [5.41, 5.74) is -0.801. The number of amides is 1. The van der Waals surface area contributed by atoms with Crippen LogP contribution in [0, 0.1) is 0 Å². The van der Waals surface area contributed by atoms with E-state index in [1.165, 1.54) is 6.92 Å². The summed E-state index contributed by atoms with van der Waals surface area (Å²) in [6, 6.07) is 0. The molecule has 0 unspecified atom stereocenters. The van der Waals surface area contributed by atoms with Crippen LogP contribution in [-0.4, -0.2) is 53.3 Å². The van der Waals surface area contributed by atoms with E-state index in [0.29, 0.717) is 13.1 Å². The zero-order valence-corrected chi connectivity index (χ0v) is 9.45. The highest BCUT2D eigenvalue weighted by atomic mass is 16.4. The van der Waals surface area contributed by atoms with Crippen LogP contribution >= 0.6 is 0 Å². The van der Waals surface area contributed by atoms with Gasteiger partial charge in [0.25, 0.3) is 0 Å². The summed E-state index contributed by atoms with van der Waals surface area (Å²) in [6.07, 6.45) is -0.302. The van der Waals surface area contributed by atoms with Gasteiger partial charge in [-0.1, -0.05) is 0 Å². The van der Waals surface area contributed by atoms with Crippen LogP contribution in [0.5, 0.6) is 0 Å². The Kier molecular flexibility index (Phi) is 3.64. The number of likely N-dealkylation sites (N-methyl/N-ethyl adjacent to an activating group) is 1. The number of aliphatic carboxylic acids is 1. The summed E-state index contributed by atoms with van der Waals surface area (Å²) < 4.78 is 0. The first kappa shape index (κ1) is 12.6. The number of ketones is 1. The van der Waals surface area contributed by atoms with E-state index in [2.05, 4.69) is 5.32 Å². The minimum Gasteiger partial charge on any atom is -0.481 e. The van der Waals surface area contributed by atoms with E-state index < -0.39 is 11.5 Å². The van der Waals surface area contributed by atoms with E-state index in [1.807, 2.05) is 11.9 Å². The molecule has 0 aromatic carbocycles. The van der Waals surface area contributed by atoms with Crippen molar-refractivity contribution in [2.24, 2.45) is 0 Å². The summed E-state index contributed by atoms with van der Waals surface area (Å²) in [5.74, 6) is -1.49. The zero-order chi connectivity index (χ0) is 12.3. The van der Waals surface area contributed by atoms with Crippen molar-refractivity contribution in [1.29, 1.82) is 0 Å². The number of carbonyl (C=O) groups excluding carboxylic acids is 2. The van der Waals surface area contributed by atoms with Crippen LogP contribution in [0.2, 0.25) is 0 Å². The predicted octanol–water partition coefficient (Wildman–Crippen LogP) is -0.759. The van der Waals surface area contributed by atoms with E-state index in [1.54, 1.807) is 0 Å². The summed E-state index contributed by atoms with van der Waals surface area (Å²) in [6.45, 7) is 2.41. The number of carboxylic acid groups (broad SMARTS) is 1. The van der Waals surface area contributed by atoms with Crippen LogP contribution in [0.25, 0.3) is 0 Å². The molecule has 1 saturated heterocycles. The molecule has 6 nitrogen and oxygen atoms in total. The fraction of sp³-hybridized carbons (Fsp3) is 0.700. The number of hydrogen-bond donors (Lipinski definition) is 2. The van der Waals surface area contributed by atoms with Crippen molar-refractivity contribution in [3.8, 4) is 0 Å². The zero-order valence-electron chi connectivity index (χ0n) is 9.45. The van der Waals surface area contributed by atoms with Crippen molar-refractivity contribution in [1.82, 2.24) is 10.2 Å². The van der Waals surface area contributed by atoms with E-state index in [-0.39, 0.29) is 24.5 Å². The lowest BCUT2D eigenvalue weighted by Crippen LogP contribution is -2.72. The Labute approximate surface area is 93.6 Å². The molecule has 0 atom stereocenters. The maximum absolute atomic E-state index is 11.4. The molecule has 1 heterocycles. The smallest absolute Gasteiger partial charge is 0.303 e. The Balaban J connectivity index is 2.48. The van der Waals surface area contributed by atoms with Crippen LogP contribution < -0.4 is 5.32 Å². The third-order valence-electron chi connectivity index (χ3n) is 2.70. The lowest BCUT2D eigenvalue weighted by Gasteiger charge is -2.47. The number of nitrogens with zero attached hydrogens (tertiary/aromatic N) is 1. The van der Waals surface area contributed by atoms with Crippen LogP contribution in [0.1, 0.15) is 19.8 Å². The van der Waals surface area contributed by atoms with Crippen molar-refractivity contribution in [3.05, 3.63) is 0 Å². The standard InChI is InChI=1S/C10H16N2O4/c1-7(13)10(5-12(2)6-10)11-8(14)3-4-9(15)16/h3-6H2,1-2H3,(H,11,14)(H,15,16). The predicted molar refractivity (Wildman–Crippen MR) is 55.9 cm³/mol. The van der Waals surface area contributed by atoms with Crippen molar-refractivity contribution >= 4 is 17.7 Å². The summed E-state index contributed by atoms with van der Waals surface area (Å²) >= 11 is 0. The number of carboxylic acids is 1. The molecule has 0 aromatic rings. The number of Topliss-reactive ketones (excluding diaryl/α,β-unsaturated/α-hetero) is 1. The normalized spacial score (nSPS) is 18.6. The molecule has 1 fully saturated rings. The Hall–Kier alpha value is -1.43. The van der Waals surface area contributed by atoms with Gasteiger partial charge in [0.2, 0.25) is 5.91 Å². The molecule has 6 heteroatoms. The second kappa shape index (κ2) is 4.61. The number of rotatable bonds is 5. The quantitative estimate of drug-likeness (QED) is 0.646. The van der Waals surface area contributed by atoms with Crippen molar-refractivity contribution in [2.45, 2.75) is 25.3 Å². The number of carbonyl (C=O) groups is 3. The van der Waals surface area contributed by atoms with Gasteiger partial charge in [-0.2, -0.15) is 0 Å². The van der Waals surface area contributed by atoms with Gasteiger partial charge in [0.05, 0.1) is 6.42 Å². The highest BCUT2D eigenvalue weighted by Gasteiger charge is 2.46. The molecule has 1 aliphatic rings. The molecule has 0 aromatic heterocycles. The summed E-state index contributed by atoms with van der Waals surface area (Å²) in [7, 11) is 1.85. The van der Waals surface area contributed by atoms with Gasteiger partial charge in [-0.3, -0.25) is 14.4 Å². The van der Waals surface area contributed by atoms with E-state index in [9.17, 15) is 14.4 Å². The highest BCUT2D eigenvalue weighted by Crippen LogP contribution is 2.20. The SMILES string of the molecule is CC(=O)C1(NC(=O)CCC(=O)O)CN(C)C1. The van der Waals surface area contributed by atoms with Crippen LogP contribution in [-0.2, 0) is 14.4 Å². The van der Waals surface area contributed by atoms with Crippen molar-refractivity contribution < 1.29 is 19.5 Å². The fourth-order valence-electron chi connectivity index (χ4n) is 1.81. The molecular weight excluding hydrogens is 212 g/mol. The van der Waals surface area contributed by atoms with Crippen molar-refractivity contribution in [3.63, 3.8) is 0 Å². The maximum Gasteiger partial charge on any atom is 0.303 e. The summed E-state index contributed by atoms with van der Waals surface area (Å²) in [4.78, 5) is 35.0. The Morgan fingerprint density at radius 3 is 2.25 bits per heavy atom. The second-order valence-corrected chi connectivity index (χ2v) is 4.25. The fourth-order valence-corrected chi connectivity index (χ4v) is 1.81. The lowest BCUT2D eigenvalue weighted by atomic mass is 9.86. The third kappa shape index (κ3) is 2.79. The first-order valence-electron chi connectivity index (χ1n) is 5.08. The van der Waals surface area contributed by atoms with Gasteiger partial charge in [0.1, 0.15) is 5.54 Å². The Morgan fingerprint density at radius 2 is 1.88 bits per heavy atom. The molecule has 2 N–H and O–H groups in total. The van der Waals surface area contributed by atoms with Gasteiger partial charge in [-0.15, -0.1) is 0 Å². The first-order chi connectivity index (χ1) is 7.35. The minimum absolute atomic E-state index is 0.0886. The van der Waals surface area contributed by atoms with E-state index in [4.69, 9.17) is 5.11 Å². The molecule has 0 bridgehead atoms. The topological polar surface area (TPSA) is 86.7 Å². The van der Waals surface area contributed by atoms with Crippen LogP contribution in [0.15, 0.2) is 0 Å². The lowest BCUT2D eigenvalue weighted by molar-refractivity contribution is -0.140. The molecule has 1 amide bonds. The van der Waals surface area contributed by atoms with E-state index in [0.717, 1.165) is 0 Å². The van der Waals surface area contributed by atoms with E-state index >= 15 is 0 Å². The highest BCUT2D eigenvalue weighted by molar-refractivity contribution is 5.93. The average Bonchev–Trinajstić information content (AvgIpc) is 2.11. The van der Waals surface area contributed by atoms with Gasteiger partial charge >= 0.3 is 5.97 Å². The van der Waals surface area contributed by atoms with Crippen molar-refractivity contribution in [2.75, 3.05) is 20.1 Å². The summed E-state index contributed by atoms with van der Waals surface area (Å²) in [5, 5.41) is 11.0. The van der Waals surface area contributed by atoms with Gasteiger partial charge in [0, 0.05) is 19.5 Å². The van der Waals surface area contributed by atoms with Crippen LogP contribution in [0.3, 0.4) is 0 Å². The second-order valence-electron chi connectivity index (χ2n) is 4.25. The largest absolute Gasteiger partial charge is 0.481 e. The monoisotopic (exact) mass is 228 g/mol. The number of hydrogen-bond acceptors (Lipinski definition) is 4. The molecule has 0 aliphatic carbocycles. The number of nitrogens with one attached hydrogen (secondary N) is 1. The molecule has 0 spiro atoms. The number of likely N-dealkylation sites (tertiary alicyclic amines) is 1. The van der Waals surface area contributed by atoms with Gasteiger partial charge in [-0.05, 0) is 14.0 Å².